The highest BCUT2D eigenvalue weighted by Gasteiger charge is 2.14. The molecule has 2 heterocycles. The second kappa shape index (κ2) is 4.80. The Morgan fingerprint density at radius 1 is 1.71 bits per heavy atom. The molecule has 0 fully saturated rings. The lowest BCUT2D eigenvalue weighted by atomic mass is 10.3. The van der Waals surface area contributed by atoms with Crippen LogP contribution in [0.5, 0.6) is 0 Å². The van der Waals surface area contributed by atoms with Gasteiger partial charge in [0.15, 0.2) is 5.13 Å². The van der Waals surface area contributed by atoms with E-state index in [-0.39, 0.29) is 5.56 Å². The van der Waals surface area contributed by atoms with Gasteiger partial charge in [0.25, 0.3) is 0 Å². The van der Waals surface area contributed by atoms with Crippen LogP contribution in [0.1, 0.15) is 21.8 Å². The smallest absolute Gasteiger partial charge is 0.339 e. The molecule has 2 aromatic heterocycles. The predicted octanol–water partition coefficient (Wildman–Crippen LogP) is 2.62. The van der Waals surface area contributed by atoms with E-state index in [0.29, 0.717) is 16.6 Å². The summed E-state index contributed by atoms with van der Waals surface area (Å²) in [5, 5.41) is 9.43. The highest BCUT2D eigenvalue weighted by Crippen LogP contribution is 2.33. The number of aryl methyl sites for hydroxylation is 1. The van der Waals surface area contributed by atoms with Gasteiger partial charge in [-0.05, 0) is 13.0 Å². The largest absolute Gasteiger partial charge is 0.478 e. The third-order valence-corrected chi connectivity index (χ3v) is 4.43. The number of carbonyl (C=O) groups is 1. The number of carboxylic acids is 1. The minimum Gasteiger partial charge on any atom is -0.478 e. The average Bonchev–Trinajstić information content (AvgIpc) is 2.82. The maximum absolute atomic E-state index is 10.9. The van der Waals surface area contributed by atoms with Crippen molar-refractivity contribution in [3.05, 3.63) is 29.3 Å². The van der Waals surface area contributed by atoms with Gasteiger partial charge < -0.3 is 15.3 Å². The van der Waals surface area contributed by atoms with Crippen molar-refractivity contribution in [1.82, 2.24) is 4.98 Å². The van der Waals surface area contributed by atoms with Crippen molar-refractivity contribution in [3.8, 4) is 0 Å². The fourth-order valence-corrected chi connectivity index (χ4v) is 3.29. The Bertz CT molecular complexity index is 547. The topological polar surface area (TPSA) is 89.4 Å². The first-order valence-corrected chi connectivity index (χ1v) is 6.53. The van der Waals surface area contributed by atoms with Crippen LogP contribution >= 0.6 is 23.1 Å². The summed E-state index contributed by atoms with van der Waals surface area (Å²) in [6.07, 6.45) is 1.38. The van der Waals surface area contributed by atoms with Gasteiger partial charge in [-0.3, -0.25) is 0 Å². The van der Waals surface area contributed by atoms with Crippen molar-refractivity contribution in [3.63, 3.8) is 0 Å². The molecule has 0 unspecified atom stereocenters. The number of hydrogen-bond acceptors (Lipinski definition) is 6. The zero-order chi connectivity index (χ0) is 12.4. The minimum absolute atomic E-state index is 0.202. The van der Waals surface area contributed by atoms with Crippen molar-refractivity contribution < 1.29 is 14.3 Å². The molecular weight excluding hydrogens is 260 g/mol. The van der Waals surface area contributed by atoms with Crippen molar-refractivity contribution in [2.24, 2.45) is 0 Å². The van der Waals surface area contributed by atoms with E-state index in [2.05, 4.69) is 4.98 Å². The van der Waals surface area contributed by atoms with E-state index in [9.17, 15) is 4.79 Å². The second-order valence-corrected chi connectivity index (χ2v) is 5.55. The molecule has 0 spiro atoms. The van der Waals surface area contributed by atoms with Gasteiger partial charge in [0, 0.05) is 0 Å². The van der Waals surface area contributed by atoms with Crippen LogP contribution in [-0.4, -0.2) is 16.1 Å². The molecule has 3 N–H and O–H groups in total. The molecule has 0 atom stereocenters. The molecule has 2 rings (SSSR count). The van der Waals surface area contributed by atoms with Gasteiger partial charge in [0.05, 0.1) is 21.9 Å². The number of carboxylic acid groups (broad SMARTS) is 1. The van der Waals surface area contributed by atoms with Gasteiger partial charge in [-0.2, -0.15) is 0 Å². The van der Waals surface area contributed by atoms with E-state index in [1.807, 2.05) is 6.92 Å². The standard InChI is InChI=1S/C10H10N2O3S2/c1-5-9(17-10(11)12-5)16-4-7-6(8(13)14)2-3-15-7/h2-3H,4H2,1H3,(H2,11,12)(H,13,14). The Labute approximate surface area is 106 Å². The predicted molar refractivity (Wildman–Crippen MR) is 66.5 cm³/mol. The molecule has 0 saturated heterocycles. The molecule has 90 valence electrons. The monoisotopic (exact) mass is 270 g/mol. The van der Waals surface area contributed by atoms with Crippen LogP contribution in [0.2, 0.25) is 0 Å². The SMILES string of the molecule is Cc1nc(N)sc1SCc1occc1C(=O)O. The second-order valence-electron chi connectivity index (χ2n) is 3.28. The number of nitrogens with two attached hydrogens (primary N) is 1. The Balaban J connectivity index is 2.10. The number of nitrogens with zero attached hydrogens (tertiary/aromatic N) is 1. The number of thiazole rings is 1. The van der Waals surface area contributed by atoms with Crippen molar-refractivity contribution in [2.75, 3.05) is 5.73 Å². The van der Waals surface area contributed by atoms with Gasteiger partial charge in [-0.25, -0.2) is 9.78 Å². The molecule has 2 aromatic rings. The molecule has 7 heteroatoms. The number of furan rings is 1. The quantitative estimate of drug-likeness (QED) is 0.830. The lowest BCUT2D eigenvalue weighted by Gasteiger charge is -1.98. The first-order chi connectivity index (χ1) is 8.08. The number of hydrogen-bond donors (Lipinski definition) is 2. The maximum atomic E-state index is 10.9. The summed E-state index contributed by atoms with van der Waals surface area (Å²) >= 11 is 2.87. The third-order valence-electron chi connectivity index (χ3n) is 2.08. The fourth-order valence-electron chi connectivity index (χ4n) is 1.31. The Hall–Kier alpha value is -1.47. The first kappa shape index (κ1) is 12.0. The maximum Gasteiger partial charge on any atom is 0.339 e. The fraction of sp³-hybridized carbons (Fsp3) is 0.200. The minimum atomic E-state index is -0.977. The molecule has 0 amide bonds. The molecule has 0 saturated carbocycles. The lowest BCUT2D eigenvalue weighted by molar-refractivity contribution is 0.0695. The lowest BCUT2D eigenvalue weighted by Crippen LogP contribution is -1.97. The Morgan fingerprint density at radius 3 is 3.06 bits per heavy atom. The molecule has 5 nitrogen and oxygen atoms in total. The number of aromatic carboxylic acids is 1. The number of rotatable bonds is 4. The first-order valence-electron chi connectivity index (χ1n) is 4.73. The van der Waals surface area contributed by atoms with Gasteiger partial charge >= 0.3 is 5.97 Å². The van der Waals surface area contributed by atoms with Gasteiger partial charge in [0.2, 0.25) is 0 Å². The van der Waals surface area contributed by atoms with Crippen LogP contribution in [0.25, 0.3) is 0 Å². The van der Waals surface area contributed by atoms with Gasteiger partial charge in [0.1, 0.15) is 11.3 Å². The van der Waals surface area contributed by atoms with Crippen molar-refractivity contribution in [2.45, 2.75) is 16.9 Å². The van der Waals surface area contributed by atoms with Gasteiger partial charge in [-0.1, -0.05) is 11.3 Å². The molecule has 0 aliphatic rings. The summed E-state index contributed by atoms with van der Waals surface area (Å²) in [5.74, 6) is -0.0688. The number of aromatic nitrogens is 1. The number of nitrogen functional groups attached to an aromatic ring is 1. The van der Waals surface area contributed by atoms with Gasteiger partial charge in [-0.15, -0.1) is 11.8 Å². The summed E-state index contributed by atoms with van der Waals surface area (Å²) in [6, 6.07) is 1.45. The van der Waals surface area contributed by atoms with E-state index in [0.717, 1.165) is 9.90 Å². The molecule has 17 heavy (non-hydrogen) atoms. The summed E-state index contributed by atoms with van der Waals surface area (Å²) < 4.78 is 6.13. The van der Waals surface area contributed by atoms with E-state index in [1.54, 1.807) is 0 Å². The van der Waals surface area contributed by atoms with Crippen LogP contribution in [0.4, 0.5) is 5.13 Å². The van der Waals surface area contributed by atoms with Crippen molar-refractivity contribution in [1.29, 1.82) is 0 Å². The molecule has 0 radical (unpaired) electrons. The van der Waals surface area contributed by atoms with E-state index >= 15 is 0 Å². The summed E-state index contributed by atoms with van der Waals surface area (Å²) in [7, 11) is 0. The molecule has 0 aromatic carbocycles. The highest BCUT2D eigenvalue weighted by molar-refractivity contribution is 8.00. The molecule has 0 aliphatic heterocycles. The summed E-state index contributed by atoms with van der Waals surface area (Å²) in [4.78, 5) is 15.0. The number of thioether (sulfide) groups is 1. The van der Waals surface area contributed by atoms with E-state index in [4.69, 9.17) is 15.3 Å². The zero-order valence-electron chi connectivity index (χ0n) is 8.97. The zero-order valence-corrected chi connectivity index (χ0v) is 10.6. The van der Waals surface area contributed by atoms with Crippen LogP contribution < -0.4 is 5.73 Å². The molecule has 0 aliphatic carbocycles. The summed E-state index contributed by atoms with van der Waals surface area (Å²) in [6.45, 7) is 1.87. The van der Waals surface area contributed by atoms with Crippen LogP contribution in [0, 0.1) is 6.92 Å². The third kappa shape index (κ3) is 2.62. The summed E-state index contributed by atoms with van der Waals surface area (Å²) in [5.41, 5.74) is 6.65. The van der Waals surface area contributed by atoms with Crippen LogP contribution in [0.15, 0.2) is 21.0 Å². The average molecular weight is 270 g/mol. The highest BCUT2D eigenvalue weighted by atomic mass is 32.2. The number of anilines is 1. The molecular formula is C10H10N2O3S2. The van der Waals surface area contributed by atoms with Crippen LogP contribution in [-0.2, 0) is 5.75 Å². The van der Waals surface area contributed by atoms with Crippen LogP contribution in [0.3, 0.4) is 0 Å². The normalized spacial score (nSPS) is 10.6. The van der Waals surface area contributed by atoms with E-state index in [1.165, 1.54) is 35.4 Å². The van der Waals surface area contributed by atoms with E-state index < -0.39 is 5.97 Å². The van der Waals surface area contributed by atoms with Crippen molar-refractivity contribution >= 4 is 34.2 Å². The molecule has 0 bridgehead atoms. The Morgan fingerprint density at radius 2 is 2.47 bits per heavy atom. The Kier molecular flexibility index (Phi) is 3.39.